The standard InChI is InChI=1S/C27H25F3N4O3/c1-16(18-9-11-19(12-10-18)26(36)37)31-25(35)24-23-20(5-4-6-22(23)32-34(24)33(2)3)15-17-7-13-21(14-8-17)27(28,29)30/h4-14,16H,15H2,1-3H3,(H,31,35)(H,36,37)/t16-/m0/s1. The number of nitrogens with one attached hydrogen (secondary N) is 1. The highest BCUT2D eigenvalue weighted by Crippen LogP contribution is 2.30. The Morgan fingerprint density at radius 3 is 2.24 bits per heavy atom. The van der Waals surface area contributed by atoms with E-state index in [1.807, 2.05) is 6.07 Å². The van der Waals surface area contributed by atoms with Crippen LogP contribution in [0.3, 0.4) is 0 Å². The number of hydrogen-bond acceptors (Lipinski definition) is 4. The van der Waals surface area contributed by atoms with E-state index in [1.54, 1.807) is 50.3 Å². The van der Waals surface area contributed by atoms with Crippen LogP contribution >= 0.6 is 0 Å². The van der Waals surface area contributed by atoms with Gasteiger partial charge in [0, 0.05) is 19.5 Å². The summed E-state index contributed by atoms with van der Waals surface area (Å²) >= 11 is 0. The van der Waals surface area contributed by atoms with E-state index in [0.29, 0.717) is 22.9 Å². The molecule has 0 fully saturated rings. The number of amides is 1. The van der Waals surface area contributed by atoms with Crippen molar-refractivity contribution in [3.05, 3.63) is 100 Å². The maximum Gasteiger partial charge on any atom is 0.416 e. The lowest BCUT2D eigenvalue weighted by molar-refractivity contribution is -0.137. The summed E-state index contributed by atoms with van der Waals surface area (Å²) in [5.74, 6) is -1.43. The molecule has 37 heavy (non-hydrogen) atoms. The van der Waals surface area contributed by atoms with Crippen molar-refractivity contribution < 1.29 is 27.9 Å². The van der Waals surface area contributed by atoms with Crippen molar-refractivity contribution >= 4 is 22.8 Å². The summed E-state index contributed by atoms with van der Waals surface area (Å²) in [7, 11) is 3.48. The number of alkyl halides is 3. The van der Waals surface area contributed by atoms with Crippen LogP contribution in [0.4, 0.5) is 13.2 Å². The van der Waals surface area contributed by atoms with Gasteiger partial charge in [-0.3, -0.25) is 4.79 Å². The first-order chi connectivity index (χ1) is 17.5. The lowest BCUT2D eigenvalue weighted by Gasteiger charge is -2.19. The van der Waals surface area contributed by atoms with Gasteiger partial charge in [0.05, 0.1) is 22.7 Å². The fraction of sp³-hybridized carbons (Fsp3) is 0.222. The number of halogens is 3. The summed E-state index contributed by atoms with van der Waals surface area (Å²) in [5, 5.41) is 18.9. The van der Waals surface area contributed by atoms with Crippen LogP contribution in [0, 0.1) is 0 Å². The average Bonchev–Trinajstić information content (AvgIpc) is 3.25. The van der Waals surface area contributed by atoms with Crippen LogP contribution in [-0.4, -0.2) is 41.0 Å². The van der Waals surface area contributed by atoms with Crippen molar-refractivity contribution in [2.45, 2.75) is 25.6 Å². The van der Waals surface area contributed by atoms with Crippen LogP contribution < -0.4 is 10.3 Å². The van der Waals surface area contributed by atoms with Crippen molar-refractivity contribution in [3.8, 4) is 0 Å². The smallest absolute Gasteiger partial charge is 0.416 e. The molecule has 1 heterocycles. The van der Waals surface area contributed by atoms with E-state index in [1.165, 1.54) is 29.1 Å². The van der Waals surface area contributed by atoms with E-state index in [-0.39, 0.29) is 11.3 Å². The molecule has 10 heteroatoms. The number of carbonyl (C=O) groups excluding carboxylic acids is 1. The molecule has 4 rings (SSSR count). The first-order valence-corrected chi connectivity index (χ1v) is 11.4. The maximum atomic E-state index is 13.5. The fourth-order valence-corrected chi connectivity index (χ4v) is 4.13. The summed E-state index contributed by atoms with van der Waals surface area (Å²) in [6.45, 7) is 1.79. The van der Waals surface area contributed by atoms with E-state index in [9.17, 15) is 22.8 Å². The summed E-state index contributed by atoms with van der Waals surface area (Å²) in [6.07, 6.45) is -4.11. The van der Waals surface area contributed by atoms with Gasteiger partial charge in [-0.15, -0.1) is 0 Å². The molecule has 0 aliphatic rings. The number of carbonyl (C=O) groups is 2. The number of nitrogens with zero attached hydrogens (tertiary/aromatic N) is 3. The van der Waals surface area contributed by atoms with Gasteiger partial charge in [0.15, 0.2) is 5.69 Å². The first kappa shape index (κ1) is 25.7. The second-order valence-electron chi connectivity index (χ2n) is 8.89. The van der Waals surface area contributed by atoms with Gasteiger partial charge in [-0.2, -0.15) is 23.1 Å². The zero-order valence-corrected chi connectivity index (χ0v) is 20.4. The fourth-order valence-electron chi connectivity index (χ4n) is 4.13. The first-order valence-electron chi connectivity index (χ1n) is 11.4. The van der Waals surface area contributed by atoms with Crippen LogP contribution in [0.15, 0.2) is 66.7 Å². The second kappa shape index (κ2) is 9.96. The third-order valence-corrected chi connectivity index (χ3v) is 6.04. The van der Waals surface area contributed by atoms with Gasteiger partial charge in [-0.25, -0.2) is 4.79 Å². The summed E-state index contributed by atoms with van der Waals surface area (Å²) in [4.78, 5) is 26.2. The minimum absolute atomic E-state index is 0.145. The Kier molecular flexibility index (Phi) is 6.93. The molecule has 0 saturated heterocycles. The quantitative estimate of drug-likeness (QED) is 0.364. The highest BCUT2D eigenvalue weighted by Gasteiger charge is 2.30. The van der Waals surface area contributed by atoms with E-state index >= 15 is 0 Å². The van der Waals surface area contributed by atoms with Gasteiger partial charge in [-0.1, -0.05) is 36.4 Å². The Bertz CT molecular complexity index is 1440. The van der Waals surface area contributed by atoms with Crippen molar-refractivity contribution in [1.29, 1.82) is 0 Å². The SMILES string of the molecule is C[C@H](NC(=O)c1c2c(Cc3ccc(C(F)(F)F)cc3)cccc2nn1N(C)C)c1ccc(C(=O)O)cc1. The molecule has 0 saturated carbocycles. The van der Waals surface area contributed by atoms with E-state index in [2.05, 4.69) is 10.4 Å². The molecule has 0 aliphatic carbocycles. The zero-order chi connectivity index (χ0) is 26.9. The van der Waals surface area contributed by atoms with Crippen LogP contribution in [0.1, 0.15) is 56.1 Å². The van der Waals surface area contributed by atoms with E-state index < -0.39 is 29.7 Å². The van der Waals surface area contributed by atoms with Gasteiger partial charge in [0.1, 0.15) is 0 Å². The number of rotatable bonds is 7. The van der Waals surface area contributed by atoms with Crippen molar-refractivity contribution in [1.82, 2.24) is 15.2 Å². The molecule has 0 radical (unpaired) electrons. The van der Waals surface area contributed by atoms with Crippen molar-refractivity contribution in [2.75, 3.05) is 19.1 Å². The van der Waals surface area contributed by atoms with Gasteiger partial charge in [0.25, 0.3) is 5.91 Å². The number of fused-ring (bicyclic) bond motifs is 1. The predicted molar refractivity (Wildman–Crippen MR) is 133 cm³/mol. The van der Waals surface area contributed by atoms with E-state index in [4.69, 9.17) is 5.11 Å². The lowest BCUT2D eigenvalue weighted by atomic mass is 9.98. The summed E-state index contributed by atoms with van der Waals surface area (Å²) < 4.78 is 38.9. The van der Waals surface area contributed by atoms with Crippen molar-refractivity contribution in [3.63, 3.8) is 0 Å². The van der Waals surface area contributed by atoms with Crippen molar-refractivity contribution in [2.24, 2.45) is 0 Å². The number of hydrogen-bond donors (Lipinski definition) is 2. The molecule has 0 unspecified atom stereocenters. The number of benzene rings is 3. The number of aromatic nitrogens is 2. The Hall–Kier alpha value is -4.34. The molecule has 1 aromatic heterocycles. The third kappa shape index (κ3) is 5.42. The molecular weight excluding hydrogens is 485 g/mol. The van der Waals surface area contributed by atoms with Gasteiger partial charge in [0.2, 0.25) is 0 Å². The number of aromatic carboxylic acids is 1. The minimum Gasteiger partial charge on any atom is -0.478 e. The van der Waals surface area contributed by atoms with Crippen LogP contribution in [0.5, 0.6) is 0 Å². The minimum atomic E-state index is -4.42. The zero-order valence-electron chi connectivity index (χ0n) is 20.4. The summed E-state index contributed by atoms with van der Waals surface area (Å²) in [6, 6.07) is 16.2. The third-order valence-electron chi connectivity index (χ3n) is 6.04. The highest BCUT2D eigenvalue weighted by atomic mass is 19.4. The molecular formula is C27H25F3N4O3. The molecule has 7 nitrogen and oxygen atoms in total. The molecule has 0 bridgehead atoms. The Morgan fingerprint density at radius 2 is 1.68 bits per heavy atom. The lowest BCUT2D eigenvalue weighted by Crippen LogP contribution is -2.35. The average molecular weight is 511 g/mol. The van der Waals surface area contributed by atoms with Crippen LogP contribution in [0.2, 0.25) is 0 Å². The number of carboxylic acids is 1. The van der Waals surface area contributed by atoms with Gasteiger partial charge in [-0.05, 0) is 60.4 Å². The summed E-state index contributed by atoms with van der Waals surface area (Å²) in [5.41, 5.74) is 2.42. The Balaban J connectivity index is 1.69. The molecule has 4 aromatic rings. The molecule has 3 aromatic carbocycles. The molecule has 0 aliphatic heterocycles. The highest BCUT2D eigenvalue weighted by molar-refractivity contribution is 6.06. The Morgan fingerprint density at radius 1 is 1.03 bits per heavy atom. The molecule has 1 atom stereocenters. The topological polar surface area (TPSA) is 87.5 Å². The normalized spacial score (nSPS) is 12.4. The van der Waals surface area contributed by atoms with E-state index in [0.717, 1.165) is 23.3 Å². The van der Waals surface area contributed by atoms with Crippen LogP contribution in [-0.2, 0) is 12.6 Å². The second-order valence-corrected chi connectivity index (χ2v) is 8.89. The van der Waals surface area contributed by atoms with Gasteiger partial charge >= 0.3 is 12.1 Å². The predicted octanol–water partition coefficient (Wildman–Crippen LogP) is 5.03. The monoisotopic (exact) mass is 510 g/mol. The van der Waals surface area contributed by atoms with Gasteiger partial charge < -0.3 is 15.4 Å². The molecule has 2 N–H and O–H groups in total. The largest absolute Gasteiger partial charge is 0.478 e. The number of carboxylic acid groups (broad SMARTS) is 1. The molecule has 0 spiro atoms. The van der Waals surface area contributed by atoms with Crippen LogP contribution in [0.25, 0.3) is 10.9 Å². The maximum absolute atomic E-state index is 13.5. The Labute approximate surface area is 211 Å². The molecule has 192 valence electrons. The molecule has 1 amide bonds.